The molecule has 5 nitrogen and oxygen atoms in total. The summed E-state index contributed by atoms with van der Waals surface area (Å²) in [4.78, 5) is 8.11. The maximum Gasteiger partial charge on any atom is 0.401 e. The summed E-state index contributed by atoms with van der Waals surface area (Å²) in [5.74, 6) is 0.681. The molecule has 2 rings (SSSR count). The molecule has 0 aromatic carbocycles. The van der Waals surface area contributed by atoms with E-state index >= 15 is 0 Å². The van der Waals surface area contributed by atoms with Crippen molar-refractivity contribution < 1.29 is 13.2 Å². The summed E-state index contributed by atoms with van der Waals surface area (Å²) in [5, 5.41) is 6.59. The van der Waals surface area contributed by atoms with Gasteiger partial charge >= 0.3 is 6.18 Å². The smallest absolute Gasteiger partial charge is 0.355 e. The number of hydrogen-bond acceptors (Lipinski definition) is 3. The van der Waals surface area contributed by atoms with Gasteiger partial charge in [0.2, 0.25) is 0 Å². The number of likely N-dealkylation sites (tertiary alicyclic amines) is 1. The zero-order chi connectivity index (χ0) is 19.0. The molecule has 1 heterocycles. The molecule has 160 valence electrons. The minimum Gasteiger partial charge on any atom is -0.355 e. The summed E-state index contributed by atoms with van der Waals surface area (Å²) in [6.07, 6.45) is 4.81. The van der Waals surface area contributed by atoms with E-state index in [1.807, 2.05) is 0 Å². The normalized spacial score (nSPS) is 23.2. The van der Waals surface area contributed by atoms with Crippen molar-refractivity contribution in [3.8, 4) is 0 Å². The van der Waals surface area contributed by atoms with Gasteiger partial charge in [0.25, 0.3) is 0 Å². The van der Waals surface area contributed by atoms with Crippen LogP contribution in [0.3, 0.4) is 0 Å². The molecule has 0 spiro atoms. The van der Waals surface area contributed by atoms with E-state index < -0.39 is 12.7 Å². The number of piperidine rings is 1. The highest BCUT2D eigenvalue weighted by Gasteiger charge is 2.29. The van der Waals surface area contributed by atoms with Crippen LogP contribution in [-0.4, -0.2) is 80.8 Å². The van der Waals surface area contributed by atoms with Crippen molar-refractivity contribution in [2.24, 2.45) is 4.99 Å². The molecular formula is C18H35F3IN5. The van der Waals surface area contributed by atoms with Gasteiger partial charge in [-0.15, -0.1) is 24.0 Å². The first-order chi connectivity index (χ1) is 12.4. The van der Waals surface area contributed by atoms with Crippen molar-refractivity contribution in [1.82, 2.24) is 20.4 Å². The van der Waals surface area contributed by atoms with Gasteiger partial charge in [-0.1, -0.05) is 19.3 Å². The summed E-state index contributed by atoms with van der Waals surface area (Å²) >= 11 is 0. The molecule has 2 fully saturated rings. The van der Waals surface area contributed by atoms with Crippen molar-refractivity contribution in [2.75, 3.05) is 46.8 Å². The molecule has 1 aliphatic carbocycles. The molecule has 27 heavy (non-hydrogen) atoms. The molecular weight excluding hydrogens is 470 g/mol. The minimum atomic E-state index is -4.15. The fourth-order valence-corrected chi connectivity index (χ4v) is 4.04. The van der Waals surface area contributed by atoms with E-state index in [1.54, 1.807) is 7.05 Å². The van der Waals surface area contributed by atoms with Gasteiger partial charge in [-0.3, -0.25) is 14.8 Å². The van der Waals surface area contributed by atoms with Crippen molar-refractivity contribution in [3.05, 3.63) is 0 Å². The monoisotopic (exact) mass is 505 g/mol. The maximum absolute atomic E-state index is 12.4. The molecule has 0 aromatic rings. The summed E-state index contributed by atoms with van der Waals surface area (Å²) in [7, 11) is 3.19. The van der Waals surface area contributed by atoms with E-state index in [4.69, 9.17) is 0 Å². The van der Waals surface area contributed by atoms with Gasteiger partial charge in [0.15, 0.2) is 5.96 Å². The number of rotatable bonds is 6. The quantitative estimate of drug-likeness (QED) is 0.331. The average Bonchev–Trinajstić information content (AvgIpc) is 2.60. The zero-order valence-corrected chi connectivity index (χ0v) is 18.9. The number of alkyl halides is 3. The Morgan fingerprint density at radius 1 is 1.15 bits per heavy atom. The second-order valence-electron chi connectivity index (χ2n) is 7.62. The summed E-state index contributed by atoms with van der Waals surface area (Å²) < 4.78 is 37.1. The van der Waals surface area contributed by atoms with Crippen molar-refractivity contribution in [2.45, 2.75) is 63.2 Å². The lowest BCUT2D eigenvalue weighted by Crippen LogP contribution is -2.54. The highest BCUT2D eigenvalue weighted by Crippen LogP contribution is 2.25. The maximum atomic E-state index is 12.4. The zero-order valence-electron chi connectivity index (χ0n) is 16.5. The number of nitrogens with one attached hydrogen (secondary N) is 2. The summed E-state index contributed by atoms with van der Waals surface area (Å²) in [6.45, 7) is 2.07. The Labute approximate surface area is 178 Å². The molecule has 0 aromatic heterocycles. The predicted octanol–water partition coefficient (Wildman–Crippen LogP) is 3.06. The number of halogens is 4. The Hall–Kier alpha value is -0.290. The Morgan fingerprint density at radius 3 is 2.48 bits per heavy atom. The van der Waals surface area contributed by atoms with E-state index in [0.29, 0.717) is 25.1 Å². The highest BCUT2D eigenvalue weighted by atomic mass is 127. The first-order valence-electron chi connectivity index (χ1n) is 9.84. The molecule has 2 N–H and O–H groups in total. The van der Waals surface area contributed by atoms with Gasteiger partial charge in [-0.05, 0) is 39.3 Å². The lowest BCUT2D eigenvalue weighted by Gasteiger charge is -2.40. The third kappa shape index (κ3) is 9.65. The van der Waals surface area contributed by atoms with E-state index in [2.05, 4.69) is 20.5 Å². The van der Waals surface area contributed by atoms with Crippen LogP contribution in [0, 0.1) is 0 Å². The van der Waals surface area contributed by atoms with Gasteiger partial charge in [-0.25, -0.2) is 0 Å². The van der Waals surface area contributed by atoms with Crippen LogP contribution in [0.5, 0.6) is 0 Å². The number of nitrogens with zero attached hydrogens (tertiary/aromatic N) is 3. The number of guanidine groups is 1. The van der Waals surface area contributed by atoms with Gasteiger partial charge in [-0.2, -0.15) is 13.2 Å². The van der Waals surface area contributed by atoms with Crippen LogP contribution in [-0.2, 0) is 0 Å². The Bertz CT molecular complexity index is 441. The highest BCUT2D eigenvalue weighted by molar-refractivity contribution is 14.0. The van der Waals surface area contributed by atoms with Gasteiger partial charge in [0.05, 0.1) is 6.54 Å². The van der Waals surface area contributed by atoms with E-state index in [9.17, 15) is 13.2 Å². The standard InChI is InChI=1S/C18H34F3N5.HI/c1-22-17(23-10-12-25(2)14-18(19,20)21)24-15-7-6-11-26(13-15)16-8-4-3-5-9-16;/h15-16H,3-14H2,1-2H3,(H2,22,23,24);1H. The lowest BCUT2D eigenvalue weighted by atomic mass is 9.92. The van der Waals surface area contributed by atoms with Crippen molar-refractivity contribution in [3.63, 3.8) is 0 Å². The number of likely N-dealkylation sites (N-methyl/N-ethyl adjacent to an activating group) is 1. The second kappa shape index (κ2) is 12.3. The molecule has 0 radical (unpaired) electrons. The SMILES string of the molecule is CN=C(NCCN(C)CC(F)(F)F)NC1CCCN(C2CCCCC2)C1.I. The summed E-state index contributed by atoms with van der Waals surface area (Å²) in [5.41, 5.74) is 0. The van der Waals surface area contributed by atoms with E-state index in [0.717, 1.165) is 19.0 Å². The van der Waals surface area contributed by atoms with Crippen molar-refractivity contribution >= 4 is 29.9 Å². The number of aliphatic imine (C=N–C) groups is 1. The van der Waals surface area contributed by atoms with E-state index in [-0.39, 0.29) is 24.0 Å². The summed E-state index contributed by atoms with van der Waals surface area (Å²) in [6, 6.07) is 1.07. The molecule has 1 unspecified atom stereocenters. The molecule has 1 aliphatic heterocycles. The first-order valence-corrected chi connectivity index (χ1v) is 9.84. The molecule has 1 atom stereocenters. The molecule has 2 aliphatic rings. The van der Waals surface area contributed by atoms with Crippen molar-refractivity contribution in [1.29, 1.82) is 0 Å². The van der Waals surface area contributed by atoms with E-state index in [1.165, 1.54) is 57.0 Å². The second-order valence-corrected chi connectivity index (χ2v) is 7.62. The van der Waals surface area contributed by atoms with Crippen LogP contribution in [0.1, 0.15) is 44.9 Å². The topological polar surface area (TPSA) is 42.9 Å². The lowest BCUT2D eigenvalue weighted by molar-refractivity contribution is -0.142. The van der Waals surface area contributed by atoms with Crippen LogP contribution < -0.4 is 10.6 Å². The average molecular weight is 505 g/mol. The Kier molecular flexibility index (Phi) is 11.3. The fourth-order valence-electron chi connectivity index (χ4n) is 4.04. The first kappa shape index (κ1) is 24.7. The molecule has 1 saturated heterocycles. The fraction of sp³-hybridized carbons (Fsp3) is 0.944. The van der Waals surface area contributed by atoms with Crippen LogP contribution in [0.4, 0.5) is 13.2 Å². The predicted molar refractivity (Wildman–Crippen MR) is 115 cm³/mol. The van der Waals surface area contributed by atoms with Crippen LogP contribution >= 0.6 is 24.0 Å². The Balaban J connectivity index is 0.00000364. The van der Waals surface area contributed by atoms with Crippen LogP contribution in [0.25, 0.3) is 0 Å². The van der Waals surface area contributed by atoms with Crippen LogP contribution in [0.15, 0.2) is 4.99 Å². The molecule has 1 saturated carbocycles. The minimum absolute atomic E-state index is 0. The van der Waals surface area contributed by atoms with Gasteiger partial charge < -0.3 is 10.6 Å². The number of hydrogen-bond donors (Lipinski definition) is 2. The Morgan fingerprint density at radius 2 is 1.85 bits per heavy atom. The van der Waals surface area contributed by atoms with Gasteiger partial charge in [0, 0.05) is 38.8 Å². The molecule has 0 bridgehead atoms. The molecule has 9 heteroatoms. The van der Waals surface area contributed by atoms with Crippen LogP contribution in [0.2, 0.25) is 0 Å². The van der Waals surface area contributed by atoms with Gasteiger partial charge in [0.1, 0.15) is 0 Å². The largest absolute Gasteiger partial charge is 0.401 e. The third-order valence-electron chi connectivity index (χ3n) is 5.34. The third-order valence-corrected chi connectivity index (χ3v) is 5.34. The molecule has 0 amide bonds.